The van der Waals surface area contributed by atoms with Crippen LogP contribution in [0.15, 0.2) is 109 Å². The summed E-state index contributed by atoms with van der Waals surface area (Å²) in [6.45, 7) is 0. The van der Waals surface area contributed by atoms with Crippen LogP contribution in [-0.2, 0) is 0 Å². The largest absolute Gasteiger partial charge is 0.0622 e. The van der Waals surface area contributed by atoms with Gasteiger partial charge in [-0.2, -0.15) is 0 Å². The zero-order chi connectivity index (χ0) is 17.6. The molecule has 0 saturated heterocycles. The molecule has 0 aromatic heterocycles. The first kappa shape index (κ1) is 16.1. The van der Waals surface area contributed by atoms with Gasteiger partial charge in [0.2, 0.25) is 0 Å². The molecule has 4 rings (SSSR count). The average Bonchev–Trinajstić information content (AvgIpc) is 2.71. The molecule has 0 radical (unpaired) electrons. The van der Waals surface area contributed by atoms with Gasteiger partial charge < -0.3 is 0 Å². The zero-order valence-electron chi connectivity index (χ0n) is 14.5. The van der Waals surface area contributed by atoms with Crippen molar-refractivity contribution in [3.8, 4) is 0 Å². The molecule has 0 unspecified atom stereocenters. The summed E-state index contributed by atoms with van der Waals surface area (Å²) < 4.78 is 0. The number of hydrogen-bond donors (Lipinski definition) is 0. The van der Waals surface area contributed by atoms with Crippen LogP contribution in [0.4, 0.5) is 0 Å². The van der Waals surface area contributed by atoms with Crippen LogP contribution in [0.1, 0.15) is 11.1 Å². The Balaban J connectivity index is 1.50. The summed E-state index contributed by atoms with van der Waals surface area (Å²) in [6, 6.07) is 29.8. The zero-order valence-corrected chi connectivity index (χ0v) is 14.5. The van der Waals surface area contributed by atoms with E-state index in [-0.39, 0.29) is 0 Å². The number of fused-ring (bicyclic) bond motifs is 2. The van der Waals surface area contributed by atoms with Crippen LogP contribution in [0.25, 0.3) is 33.7 Å². The molecule has 0 heterocycles. The van der Waals surface area contributed by atoms with E-state index in [1.165, 1.54) is 32.7 Å². The maximum atomic E-state index is 2.17. The molecular weight excluding hydrogens is 312 g/mol. The number of allylic oxidation sites excluding steroid dienone is 4. The third-order valence-corrected chi connectivity index (χ3v) is 4.53. The van der Waals surface area contributed by atoms with Crippen molar-refractivity contribution in [1.29, 1.82) is 0 Å². The number of benzene rings is 4. The molecule has 4 aromatic rings. The van der Waals surface area contributed by atoms with Gasteiger partial charge in [-0.1, -0.05) is 121 Å². The van der Waals surface area contributed by atoms with Crippen LogP contribution in [0.2, 0.25) is 0 Å². The number of hydrogen-bond acceptors (Lipinski definition) is 0. The van der Waals surface area contributed by atoms with Gasteiger partial charge in [0.05, 0.1) is 0 Å². The maximum Gasteiger partial charge on any atom is -0.0111 e. The Morgan fingerprint density at radius 3 is 1.31 bits per heavy atom. The van der Waals surface area contributed by atoms with E-state index in [1.807, 2.05) is 0 Å². The second-order valence-corrected chi connectivity index (χ2v) is 6.24. The lowest BCUT2D eigenvalue weighted by Gasteiger charge is -2.01. The topological polar surface area (TPSA) is 0 Å². The summed E-state index contributed by atoms with van der Waals surface area (Å²) in [7, 11) is 0. The van der Waals surface area contributed by atoms with Gasteiger partial charge in [-0.3, -0.25) is 0 Å². The molecular formula is C26H20. The molecule has 26 heavy (non-hydrogen) atoms. The normalized spacial score (nSPS) is 12.2. The third kappa shape index (κ3) is 3.50. The van der Waals surface area contributed by atoms with E-state index in [0.29, 0.717) is 0 Å². The molecule has 0 fully saturated rings. The Labute approximate surface area is 154 Å². The molecule has 0 bridgehead atoms. The van der Waals surface area contributed by atoms with Gasteiger partial charge in [-0.15, -0.1) is 0 Å². The third-order valence-electron chi connectivity index (χ3n) is 4.53. The lowest BCUT2D eigenvalue weighted by molar-refractivity contribution is 1.71. The Kier molecular flexibility index (Phi) is 4.75. The first-order valence-corrected chi connectivity index (χ1v) is 8.89. The minimum atomic E-state index is 1.24. The molecule has 0 aliphatic heterocycles. The number of rotatable bonds is 4. The van der Waals surface area contributed by atoms with Crippen LogP contribution in [0.3, 0.4) is 0 Å². The summed E-state index contributed by atoms with van der Waals surface area (Å²) in [5, 5.41) is 5.11. The van der Waals surface area contributed by atoms with E-state index in [9.17, 15) is 0 Å². The van der Waals surface area contributed by atoms with E-state index in [4.69, 9.17) is 0 Å². The molecule has 4 aromatic carbocycles. The van der Waals surface area contributed by atoms with Gasteiger partial charge >= 0.3 is 0 Å². The van der Waals surface area contributed by atoms with E-state index >= 15 is 0 Å². The van der Waals surface area contributed by atoms with E-state index < -0.39 is 0 Å². The fraction of sp³-hybridized carbons (Fsp3) is 0. The SMILES string of the molecule is C(=C/c1cccc2ccccc12)/C=C/C=C\c1cccc2ccccc12. The molecule has 0 aliphatic rings. The highest BCUT2D eigenvalue weighted by Gasteiger charge is 1.96. The highest BCUT2D eigenvalue weighted by atomic mass is 14.0. The van der Waals surface area contributed by atoms with Gasteiger partial charge in [0.15, 0.2) is 0 Å². The first-order chi connectivity index (χ1) is 12.9. The second kappa shape index (κ2) is 7.67. The fourth-order valence-corrected chi connectivity index (χ4v) is 3.24. The monoisotopic (exact) mass is 332 g/mol. The van der Waals surface area contributed by atoms with Crippen molar-refractivity contribution in [2.24, 2.45) is 0 Å². The van der Waals surface area contributed by atoms with Gasteiger partial charge in [-0.25, -0.2) is 0 Å². The van der Waals surface area contributed by atoms with Crippen molar-refractivity contribution in [3.05, 3.63) is 120 Å². The van der Waals surface area contributed by atoms with Crippen molar-refractivity contribution < 1.29 is 0 Å². The Morgan fingerprint density at radius 2 is 0.808 bits per heavy atom. The minimum absolute atomic E-state index is 1.24. The van der Waals surface area contributed by atoms with Crippen molar-refractivity contribution in [2.45, 2.75) is 0 Å². The summed E-state index contributed by atoms with van der Waals surface area (Å²) in [5.41, 5.74) is 2.48. The highest BCUT2D eigenvalue weighted by Crippen LogP contribution is 2.20. The van der Waals surface area contributed by atoms with Gasteiger partial charge in [-0.05, 0) is 32.7 Å². The van der Waals surface area contributed by atoms with Crippen LogP contribution in [0.5, 0.6) is 0 Å². The van der Waals surface area contributed by atoms with Crippen LogP contribution in [0, 0.1) is 0 Å². The van der Waals surface area contributed by atoms with Crippen molar-refractivity contribution >= 4 is 33.7 Å². The summed E-state index contributed by atoms with van der Waals surface area (Å²) in [4.78, 5) is 0. The summed E-state index contributed by atoms with van der Waals surface area (Å²) in [5.74, 6) is 0. The predicted molar refractivity (Wildman–Crippen MR) is 115 cm³/mol. The molecule has 0 nitrogen and oxygen atoms in total. The molecule has 0 aliphatic carbocycles. The van der Waals surface area contributed by atoms with Gasteiger partial charge in [0.25, 0.3) is 0 Å². The van der Waals surface area contributed by atoms with Crippen molar-refractivity contribution in [2.75, 3.05) is 0 Å². The first-order valence-electron chi connectivity index (χ1n) is 8.89. The highest BCUT2D eigenvalue weighted by molar-refractivity contribution is 5.91. The molecule has 0 heteroatoms. The quantitative estimate of drug-likeness (QED) is 0.345. The Morgan fingerprint density at radius 1 is 0.385 bits per heavy atom. The molecule has 0 spiro atoms. The minimum Gasteiger partial charge on any atom is -0.0622 e. The second-order valence-electron chi connectivity index (χ2n) is 6.24. The predicted octanol–water partition coefficient (Wildman–Crippen LogP) is 7.28. The molecule has 0 saturated carbocycles. The van der Waals surface area contributed by atoms with E-state index in [0.717, 1.165) is 0 Å². The fourth-order valence-electron chi connectivity index (χ4n) is 3.24. The van der Waals surface area contributed by atoms with Crippen LogP contribution >= 0.6 is 0 Å². The standard InChI is InChI=1S/C26H20/c1(3-11-21-15-9-17-23-13-5-7-19-25(21)23)2-4-12-22-16-10-18-24-14-6-8-20-26(22)24/h1-20H/b2-1+,11-3-,12-4-. The lowest BCUT2D eigenvalue weighted by Crippen LogP contribution is -1.77. The van der Waals surface area contributed by atoms with Gasteiger partial charge in [0, 0.05) is 0 Å². The smallest absolute Gasteiger partial charge is 0.0111 e. The average molecular weight is 332 g/mol. The molecule has 0 amide bonds. The molecule has 124 valence electrons. The maximum absolute atomic E-state index is 2.17. The van der Waals surface area contributed by atoms with Crippen LogP contribution < -0.4 is 0 Å². The Bertz CT molecular complexity index is 1030. The summed E-state index contributed by atoms with van der Waals surface area (Å²) >= 11 is 0. The lowest BCUT2D eigenvalue weighted by atomic mass is 10.0. The van der Waals surface area contributed by atoms with Crippen molar-refractivity contribution in [1.82, 2.24) is 0 Å². The van der Waals surface area contributed by atoms with E-state index in [1.54, 1.807) is 0 Å². The van der Waals surface area contributed by atoms with Crippen molar-refractivity contribution in [3.63, 3.8) is 0 Å². The van der Waals surface area contributed by atoms with E-state index in [2.05, 4.69) is 121 Å². The Hall–Kier alpha value is -3.38. The molecule has 0 N–H and O–H groups in total. The van der Waals surface area contributed by atoms with Gasteiger partial charge in [0.1, 0.15) is 0 Å². The van der Waals surface area contributed by atoms with Crippen LogP contribution in [-0.4, -0.2) is 0 Å². The molecule has 0 atom stereocenters. The summed E-state index contributed by atoms with van der Waals surface area (Å²) in [6.07, 6.45) is 12.6.